The summed E-state index contributed by atoms with van der Waals surface area (Å²) >= 11 is 3.19. The monoisotopic (exact) mass is 271 g/mol. The summed E-state index contributed by atoms with van der Waals surface area (Å²) in [4.78, 5) is 21.4. The van der Waals surface area contributed by atoms with Crippen LogP contribution in [0.3, 0.4) is 0 Å². The van der Waals surface area contributed by atoms with E-state index in [1.165, 1.54) is 0 Å². The predicted molar refractivity (Wildman–Crippen MR) is 64.3 cm³/mol. The van der Waals surface area contributed by atoms with Crippen LogP contribution in [0.1, 0.15) is 13.8 Å². The van der Waals surface area contributed by atoms with Crippen LogP contribution in [-0.2, 0) is 9.59 Å². The van der Waals surface area contributed by atoms with Gasteiger partial charge in [-0.05, 0) is 31.1 Å². The molecule has 0 fully saturated rings. The van der Waals surface area contributed by atoms with Gasteiger partial charge in [0, 0.05) is 4.48 Å². The van der Waals surface area contributed by atoms with Crippen LogP contribution in [0.5, 0.6) is 0 Å². The number of hydrogen-bond donors (Lipinski definition) is 1. The van der Waals surface area contributed by atoms with E-state index in [1.54, 1.807) is 13.0 Å². The number of amides is 2. The van der Waals surface area contributed by atoms with Crippen LogP contribution in [0.4, 0.5) is 0 Å². The lowest BCUT2D eigenvalue weighted by atomic mass is 9.95. The van der Waals surface area contributed by atoms with Crippen LogP contribution >= 0.6 is 15.9 Å². The van der Waals surface area contributed by atoms with Crippen molar-refractivity contribution in [1.29, 1.82) is 0 Å². The molecule has 0 aliphatic carbocycles. The van der Waals surface area contributed by atoms with E-state index in [4.69, 9.17) is 0 Å². The van der Waals surface area contributed by atoms with Crippen LogP contribution in [0.15, 0.2) is 34.9 Å². The zero-order chi connectivity index (χ0) is 12.0. The fourth-order valence-electron chi connectivity index (χ4n) is 1.01. The van der Waals surface area contributed by atoms with Gasteiger partial charge >= 0.3 is 0 Å². The Bertz CT molecular complexity index is 331. The second-order valence-corrected chi connectivity index (χ2v) is 4.17. The summed E-state index contributed by atoms with van der Waals surface area (Å²) in [6, 6.07) is 0. The molecule has 0 heterocycles. The number of halogens is 1. The van der Waals surface area contributed by atoms with Crippen molar-refractivity contribution in [2.75, 3.05) is 0 Å². The molecule has 1 N–H and O–H groups in total. The van der Waals surface area contributed by atoms with Gasteiger partial charge in [-0.1, -0.05) is 29.1 Å². The molecular weight excluding hydrogens is 258 g/mol. The normalized spacial score (nSPS) is 12.9. The molecule has 3 nitrogen and oxygen atoms in total. The van der Waals surface area contributed by atoms with Gasteiger partial charge in [-0.25, -0.2) is 0 Å². The van der Waals surface area contributed by atoms with Crippen LogP contribution < -0.4 is 5.32 Å². The van der Waals surface area contributed by atoms with Crippen molar-refractivity contribution < 1.29 is 9.59 Å². The molecule has 0 rings (SSSR count). The molecule has 0 aromatic rings. The third-order valence-electron chi connectivity index (χ3n) is 2.00. The topological polar surface area (TPSA) is 46.2 Å². The summed E-state index contributed by atoms with van der Waals surface area (Å²) in [5.41, 5.74) is 1.51. The Kier molecular flexibility index (Phi) is 5.86. The van der Waals surface area contributed by atoms with Gasteiger partial charge in [0.05, 0.1) is 5.92 Å². The van der Waals surface area contributed by atoms with Gasteiger partial charge in [0.2, 0.25) is 12.3 Å². The molecule has 1 atom stereocenters. The first kappa shape index (κ1) is 13.8. The van der Waals surface area contributed by atoms with Gasteiger partial charge < -0.3 is 0 Å². The first-order valence-corrected chi connectivity index (χ1v) is 5.15. The van der Waals surface area contributed by atoms with E-state index in [2.05, 4.69) is 34.4 Å². The van der Waals surface area contributed by atoms with Crippen molar-refractivity contribution in [3.63, 3.8) is 0 Å². The highest BCUT2D eigenvalue weighted by molar-refractivity contribution is 9.11. The van der Waals surface area contributed by atoms with Gasteiger partial charge in [0.1, 0.15) is 0 Å². The lowest BCUT2D eigenvalue weighted by Crippen LogP contribution is -2.28. The van der Waals surface area contributed by atoms with Crippen LogP contribution in [0.2, 0.25) is 0 Å². The average molecular weight is 272 g/mol. The molecule has 0 spiro atoms. The first-order valence-electron chi connectivity index (χ1n) is 4.36. The molecule has 82 valence electrons. The number of carbonyl (C=O) groups excluding carboxylic acids is 2. The highest BCUT2D eigenvalue weighted by Crippen LogP contribution is 2.20. The Hall–Kier alpha value is -1.16. The summed E-state index contributed by atoms with van der Waals surface area (Å²) in [5.74, 6) is -0.791. The molecular formula is C11H14BrNO2. The number of carbonyl (C=O) groups is 2. The Morgan fingerprint density at radius 3 is 2.40 bits per heavy atom. The molecule has 1 unspecified atom stereocenters. The number of rotatable bonds is 5. The number of imide groups is 1. The van der Waals surface area contributed by atoms with Gasteiger partial charge in [-0.2, -0.15) is 0 Å². The highest BCUT2D eigenvalue weighted by Gasteiger charge is 2.16. The van der Waals surface area contributed by atoms with Crippen molar-refractivity contribution in [3.8, 4) is 0 Å². The van der Waals surface area contributed by atoms with E-state index in [1.807, 2.05) is 6.92 Å². The largest absolute Gasteiger partial charge is 0.299 e. The minimum Gasteiger partial charge on any atom is -0.299 e. The van der Waals surface area contributed by atoms with Crippen molar-refractivity contribution >= 4 is 28.2 Å². The summed E-state index contributed by atoms with van der Waals surface area (Å²) in [6.07, 6.45) is 2.14. The van der Waals surface area contributed by atoms with Crippen molar-refractivity contribution in [2.24, 2.45) is 5.92 Å². The van der Waals surface area contributed by atoms with E-state index in [0.717, 1.165) is 5.57 Å². The lowest BCUT2D eigenvalue weighted by Gasteiger charge is -2.13. The zero-order valence-electron chi connectivity index (χ0n) is 8.84. The molecule has 0 aromatic carbocycles. The van der Waals surface area contributed by atoms with Crippen molar-refractivity contribution in [1.82, 2.24) is 5.32 Å². The Morgan fingerprint density at radius 1 is 1.47 bits per heavy atom. The number of allylic oxidation sites excluding steroid dienone is 3. The Labute approximate surface area is 98.1 Å². The van der Waals surface area contributed by atoms with Crippen molar-refractivity contribution in [3.05, 3.63) is 34.9 Å². The third-order valence-corrected chi connectivity index (χ3v) is 2.23. The minimum absolute atomic E-state index is 0.358. The van der Waals surface area contributed by atoms with Gasteiger partial charge in [-0.15, -0.1) is 0 Å². The van der Waals surface area contributed by atoms with Crippen LogP contribution in [0, 0.1) is 5.92 Å². The molecule has 0 aliphatic heterocycles. The molecule has 0 saturated heterocycles. The molecule has 0 bridgehead atoms. The summed E-state index contributed by atoms with van der Waals surface area (Å²) in [7, 11) is 0. The van der Waals surface area contributed by atoms with Gasteiger partial charge in [0.25, 0.3) is 0 Å². The van der Waals surface area contributed by atoms with Crippen LogP contribution in [0.25, 0.3) is 0 Å². The SMILES string of the molecule is C=C(Br)/C=C(/C)C(=C)C(C)C(=O)NC=O. The molecule has 0 saturated carbocycles. The van der Waals surface area contributed by atoms with Crippen molar-refractivity contribution in [2.45, 2.75) is 13.8 Å². The predicted octanol–water partition coefficient (Wildman–Crippen LogP) is 2.31. The molecule has 4 heteroatoms. The number of nitrogens with one attached hydrogen (secondary N) is 1. The van der Waals surface area contributed by atoms with E-state index >= 15 is 0 Å². The number of hydrogen-bond acceptors (Lipinski definition) is 2. The second kappa shape index (κ2) is 6.35. The minimum atomic E-state index is -0.432. The maximum Gasteiger partial charge on any atom is 0.233 e. The lowest BCUT2D eigenvalue weighted by molar-refractivity contribution is -0.127. The van der Waals surface area contributed by atoms with E-state index < -0.39 is 5.92 Å². The summed E-state index contributed by atoms with van der Waals surface area (Å²) < 4.78 is 0.712. The zero-order valence-corrected chi connectivity index (χ0v) is 10.4. The molecule has 0 aromatic heterocycles. The fourth-order valence-corrected chi connectivity index (χ4v) is 1.35. The van der Waals surface area contributed by atoms with E-state index in [9.17, 15) is 9.59 Å². The summed E-state index contributed by atoms with van der Waals surface area (Å²) in [5, 5.41) is 2.09. The van der Waals surface area contributed by atoms with E-state index in [-0.39, 0.29) is 5.91 Å². The fraction of sp³-hybridized carbons (Fsp3) is 0.273. The van der Waals surface area contributed by atoms with Gasteiger partial charge in [-0.3, -0.25) is 14.9 Å². The average Bonchev–Trinajstić information content (AvgIpc) is 2.14. The van der Waals surface area contributed by atoms with E-state index in [0.29, 0.717) is 16.5 Å². The molecule has 0 radical (unpaired) electrons. The smallest absolute Gasteiger partial charge is 0.233 e. The van der Waals surface area contributed by atoms with Gasteiger partial charge in [0.15, 0.2) is 0 Å². The third kappa shape index (κ3) is 4.74. The summed E-state index contributed by atoms with van der Waals surface area (Å²) in [6.45, 7) is 11.0. The molecule has 0 aliphatic rings. The first-order chi connectivity index (χ1) is 6.90. The Morgan fingerprint density at radius 2 is 2.00 bits per heavy atom. The Balaban J connectivity index is 4.64. The van der Waals surface area contributed by atoms with Crippen LogP contribution in [-0.4, -0.2) is 12.3 Å². The second-order valence-electron chi connectivity index (χ2n) is 3.15. The quantitative estimate of drug-likeness (QED) is 0.616. The molecule has 2 amide bonds. The highest BCUT2D eigenvalue weighted by atomic mass is 79.9. The maximum absolute atomic E-state index is 11.3. The molecule has 15 heavy (non-hydrogen) atoms. The standard InChI is InChI=1S/C11H14BrNO2/c1-7(5-8(2)12)9(3)10(4)11(15)13-6-14/h5-6,10H,2-3H2,1,4H3,(H,13,14,15)/b7-5-. The maximum atomic E-state index is 11.3.